The van der Waals surface area contributed by atoms with Crippen LogP contribution in [0.5, 0.6) is 0 Å². The standard InChI is InChI=1S/C16H25N5/c1-11-7-12-13(17)8-16(2,3)9-14(12)21(11)6-4-5-15-18-10-19-20-15/h7,10,13H,4-6,8-9,17H2,1-3H3,(H,18,19,20). The molecule has 0 aromatic carbocycles. The van der Waals surface area contributed by atoms with E-state index in [-0.39, 0.29) is 6.04 Å². The van der Waals surface area contributed by atoms with E-state index in [1.54, 1.807) is 6.33 Å². The molecule has 0 amide bonds. The molecule has 1 aliphatic carbocycles. The van der Waals surface area contributed by atoms with Crippen LogP contribution in [0.15, 0.2) is 12.4 Å². The third-order valence-electron chi connectivity index (χ3n) is 4.53. The van der Waals surface area contributed by atoms with Gasteiger partial charge in [-0.3, -0.25) is 5.10 Å². The second-order valence-corrected chi connectivity index (χ2v) is 7.03. The average Bonchev–Trinajstić information content (AvgIpc) is 2.99. The molecule has 114 valence electrons. The van der Waals surface area contributed by atoms with Crippen LogP contribution in [0.1, 0.15) is 55.5 Å². The van der Waals surface area contributed by atoms with Crippen molar-refractivity contribution in [2.24, 2.45) is 11.1 Å². The summed E-state index contributed by atoms with van der Waals surface area (Å²) in [5.74, 6) is 0.964. The first-order valence-electron chi connectivity index (χ1n) is 7.75. The number of nitrogens with one attached hydrogen (secondary N) is 1. The van der Waals surface area contributed by atoms with Gasteiger partial charge in [-0.15, -0.1) is 0 Å². The molecular formula is C16H25N5. The predicted molar refractivity (Wildman–Crippen MR) is 82.9 cm³/mol. The number of aromatic nitrogens is 4. The van der Waals surface area contributed by atoms with Gasteiger partial charge < -0.3 is 10.3 Å². The molecule has 0 spiro atoms. The minimum atomic E-state index is 0.179. The van der Waals surface area contributed by atoms with Crippen LogP contribution in [0.25, 0.3) is 0 Å². The summed E-state index contributed by atoms with van der Waals surface area (Å²) in [5.41, 5.74) is 10.8. The van der Waals surface area contributed by atoms with Gasteiger partial charge in [-0.1, -0.05) is 13.8 Å². The van der Waals surface area contributed by atoms with Crippen molar-refractivity contribution in [3.8, 4) is 0 Å². The average molecular weight is 287 g/mol. The van der Waals surface area contributed by atoms with Gasteiger partial charge >= 0.3 is 0 Å². The van der Waals surface area contributed by atoms with Crippen LogP contribution >= 0.6 is 0 Å². The maximum atomic E-state index is 6.37. The van der Waals surface area contributed by atoms with E-state index in [9.17, 15) is 0 Å². The number of aromatic amines is 1. The largest absolute Gasteiger partial charge is 0.349 e. The normalized spacial score (nSPS) is 20.5. The number of H-pyrrole nitrogens is 1. The van der Waals surface area contributed by atoms with Crippen molar-refractivity contribution in [2.75, 3.05) is 0 Å². The molecule has 1 atom stereocenters. The minimum Gasteiger partial charge on any atom is -0.349 e. The van der Waals surface area contributed by atoms with Crippen molar-refractivity contribution in [3.63, 3.8) is 0 Å². The van der Waals surface area contributed by atoms with Crippen LogP contribution in [0.3, 0.4) is 0 Å². The Bertz CT molecular complexity index is 609. The molecule has 1 unspecified atom stereocenters. The first kappa shape index (κ1) is 14.3. The monoisotopic (exact) mass is 287 g/mol. The lowest BCUT2D eigenvalue weighted by Crippen LogP contribution is -2.30. The van der Waals surface area contributed by atoms with Crippen LogP contribution in [-0.4, -0.2) is 19.7 Å². The van der Waals surface area contributed by atoms with Gasteiger partial charge in [-0.2, -0.15) is 5.10 Å². The van der Waals surface area contributed by atoms with E-state index in [4.69, 9.17) is 5.73 Å². The number of rotatable bonds is 4. The molecule has 5 heteroatoms. The molecule has 3 rings (SSSR count). The van der Waals surface area contributed by atoms with E-state index in [0.717, 1.165) is 38.1 Å². The first-order valence-corrected chi connectivity index (χ1v) is 7.75. The van der Waals surface area contributed by atoms with Crippen LogP contribution in [0, 0.1) is 12.3 Å². The number of hydrogen-bond donors (Lipinski definition) is 2. The van der Waals surface area contributed by atoms with Crippen molar-refractivity contribution in [3.05, 3.63) is 35.2 Å². The Hall–Kier alpha value is -1.62. The van der Waals surface area contributed by atoms with E-state index in [0.29, 0.717) is 5.41 Å². The van der Waals surface area contributed by atoms with Crippen LogP contribution in [0.4, 0.5) is 0 Å². The number of aryl methyl sites for hydroxylation is 2. The van der Waals surface area contributed by atoms with Crippen LogP contribution < -0.4 is 5.73 Å². The van der Waals surface area contributed by atoms with Gasteiger partial charge in [0.2, 0.25) is 0 Å². The summed E-state index contributed by atoms with van der Waals surface area (Å²) in [6.07, 6.45) is 5.75. The second-order valence-electron chi connectivity index (χ2n) is 7.03. The molecule has 3 N–H and O–H groups in total. The Labute approximate surface area is 126 Å². The summed E-state index contributed by atoms with van der Waals surface area (Å²) >= 11 is 0. The Morgan fingerprint density at radius 1 is 1.48 bits per heavy atom. The highest BCUT2D eigenvalue weighted by molar-refractivity contribution is 5.34. The summed E-state index contributed by atoms with van der Waals surface area (Å²) in [7, 11) is 0. The topological polar surface area (TPSA) is 72.5 Å². The molecule has 0 bridgehead atoms. The molecule has 1 aliphatic rings. The summed E-state index contributed by atoms with van der Waals surface area (Å²) in [4.78, 5) is 4.18. The molecule has 5 nitrogen and oxygen atoms in total. The zero-order valence-electron chi connectivity index (χ0n) is 13.2. The fourth-order valence-corrected chi connectivity index (χ4v) is 3.57. The Morgan fingerprint density at radius 3 is 3.00 bits per heavy atom. The number of hydrogen-bond acceptors (Lipinski definition) is 3. The first-order chi connectivity index (χ1) is 9.96. The van der Waals surface area contributed by atoms with E-state index >= 15 is 0 Å². The van der Waals surface area contributed by atoms with Crippen LogP contribution in [0.2, 0.25) is 0 Å². The molecular weight excluding hydrogens is 262 g/mol. The minimum absolute atomic E-state index is 0.179. The summed E-state index contributed by atoms with van der Waals surface area (Å²) in [6.45, 7) is 7.84. The second kappa shape index (κ2) is 5.30. The molecule has 0 fully saturated rings. The SMILES string of the molecule is Cc1cc2c(n1CCCc1ncn[nH]1)CC(C)(C)CC2N. The lowest BCUT2D eigenvalue weighted by Gasteiger charge is -2.34. The number of fused-ring (bicyclic) bond motifs is 1. The zero-order valence-corrected chi connectivity index (χ0v) is 13.2. The molecule has 0 aliphatic heterocycles. The highest BCUT2D eigenvalue weighted by Gasteiger charge is 2.33. The Morgan fingerprint density at radius 2 is 2.29 bits per heavy atom. The van der Waals surface area contributed by atoms with Gasteiger partial charge in [0.1, 0.15) is 12.2 Å². The van der Waals surface area contributed by atoms with Gasteiger partial charge in [-0.05, 0) is 43.2 Å². The van der Waals surface area contributed by atoms with Gasteiger partial charge in [-0.25, -0.2) is 4.98 Å². The zero-order chi connectivity index (χ0) is 15.0. The van der Waals surface area contributed by atoms with Crippen molar-refractivity contribution in [1.29, 1.82) is 0 Å². The lowest BCUT2D eigenvalue weighted by atomic mass is 9.74. The molecule has 21 heavy (non-hydrogen) atoms. The summed E-state index contributed by atoms with van der Waals surface area (Å²) in [6, 6.07) is 2.46. The predicted octanol–water partition coefficient (Wildman–Crippen LogP) is 2.52. The Balaban J connectivity index is 1.76. The maximum absolute atomic E-state index is 6.37. The van der Waals surface area contributed by atoms with Crippen molar-refractivity contribution >= 4 is 0 Å². The van der Waals surface area contributed by atoms with E-state index in [2.05, 4.69) is 46.6 Å². The molecule has 0 radical (unpaired) electrons. The van der Waals surface area contributed by atoms with E-state index in [1.807, 2.05) is 0 Å². The molecule has 0 saturated heterocycles. The fourth-order valence-electron chi connectivity index (χ4n) is 3.57. The lowest BCUT2D eigenvalue weighted by molar-refractivity contribution is 0.274. The van der Waals surface area contributed by atoms with Crippen molar-refractivity contribution in [2.45, 2.75) is 59.0 Å². The van der Waals surface area contributed by atoms with Crippen molar-refractivity contribution in [1.82, 2.24) is 19.7 Å². The smallest absolute Gasteiger partial charge is 0.137 e. The highest BCUT2D eigenvalue weighted by atomic mass is 15.2. The maximum Gasteiger partial charge on any atom is 0.137 e. The molecule has 2 heterocycles. The van der Waals surface area contributed by atoms with E-state index < -0.39 is 0 Å². The van der Waals surface area contributed by atoms with Gasteiger partial charge in [0.05, 0.1) is 0 Å². The molecule has 2 aromatic heterocycles. The summed E-state index contributed by atoms with van der Waals surface area (Å²) in [5, 5.41) is 6.82. The van der Waals surface area contributed by atoms with Gasteiger partial charge in [0.25, 0.3) is 0 Å². The fraction of sp³-hybridized carbons (Fsp3) is 0.625. The molecule has 2 aromatic rings. The third kappa shape index (κ3) is 2.88. The van der Waals surface area contributed by atoms with E-state index in [1.165, 1.54) is 17.0 Å². The van der Waals surface area contributed by atoms with Crippen molar-refractivity contribution < 1.29 is 0 Å². The number of nitrogens with zero attached hydrogens (tertiary/aromatic N) is 3. The quantitative estimate of drug-likeness (QED) is 0.907. The third-order valence-corrected chi connectivity index (χ3v) is 4.53. The van der Waals surface area contributed by atoms with Gasteiger partial charge in [0.15, 0.2) is 0 Å². The van der Waals surface area contributed by atoms with Crippen LogP contribution in [-0.2, 0) is 19.4 Å². The highest BCUT2D eigenvalue weighted by Crippen LogP contribution is 2.40. The van der Waals surface area contributed by atoms with Gasteiger partial charge in [0, 0.05) is 30.4 Å². The number of nitrogens with two attached hydrogens (primary N) is 1. The summed E-state index contributed by atoms with van der Waals surface area (Å²) < 4.78 is 2.45. The Kier molecular flexibility index (Phi) is 3.61. The molecule has 0 saturated carbocycles.